The fourth-order valence-corrected chi connectivity index (χ4v) is 4.83. The number of nitrogens with one attached hydrogen (secondary N) is 1. The number of carbonyl (C=O) groups excluding carboxylic acids is 1. The molecule has 1 N–H and O–H groups in total. The summed E-state index contributed by atoms with van der Waals surface area (Å²) in [6.07, 6.45) is 2.02. The number of halogens is 1. The Morgan fingerprint density at radius 2 is 1.76 bits per heavy atom. The van der Waals surface area contributed by atoms with Gasteiger partial charge >= 0.3 is 0 Å². The number of hydrogen-bond acceptors (Lipinski definition) is 4. The van der Waals surface area contributed by atoms with Crippen molar-refractivity contribution in [1.29, 1.82) is 0 Å². The Labute approximate surface area is 176 Å². The van der Waals surface area contributed by atoms with Crippen LogP contribution in [0, 0.1) is 6.92 Å². The summed E-state index contributed by atoms with van der Waals surface area (Å²) in [5, 5.41) is 3.36. The van der Waals surface area contributed by atoms with E-state index in [4.69, 9.17) is 16.3 Å². The van der Waals surface area contributed by atoms with Gasteiger partial charge in [-0.05, 0) is 68.7 Å². The van der Waals surface area contributed by atoms with Crippen molar-refractivity contribution in [2.45, 2.75) is 44.1 Å². The summed E-state index contributed by atoms with van der Waals surface area (Å²) in [7, 11) is -3.57. The normalized spacial score (nSPS) is 16.2. The van der Waals surface area contributed by atoms with Crippen LogP contribution in [0.4, 0.5) is 5.69 Å². The number of piperidine rings is 1. The van der Waals surface area contributed by atoms with Gasteiger partial charge in [-0.2, -0.15) is 4.31 Å². The maximum absolute atomic E-state index is 12.9. The Morgan fingerprint density at radius 3 is 2.41 bits per heavy atom. The van der Waals surface area contributed by atoms with Gasteiger partial charge in [-0.1, -0.05) is 24.1 Å². The third kappa shape index (κ3) is 5.29. The van der Waals surface area contributed by atoms with E-state index < -0.39 is 16.1 Å². The topological polar surface area (TPSA) is 75.7 Å². The first-order chi connectivity index (χ1) is 13.8. The number of carbonyl (C=O) groups is 1. The molecule has 156 valence electrons. The summed E-state index contributed by atoms with van der Waals surface area (Å²) in [6, 6.07) is 11.5. The fourth-order valence-electron chi connectivity index (χ4n) is 3.16. The molecular formula is C21H25ClN2O4S. The first kappa shape index (κ1) is 21.6. The predicted octanol–water partition coefficient (Wildman–Crippen LogP) is 4.23. The zero-order valence-corrected chi connectivity index (χ0v) is 18.1. The van der Waals surface area contributed by atoms with Crippen LogP contribution in [-0.4, -0.2) is 37.8 Å². The summed E-state index contributed by atoms with van der Waals surface area (Å²) in [5.41, 5.74) is 1.23. The highest BCUT2D eigenvalue weighted by Gasteiger charge is 2.26. The number of nitrogens with zero attached hydrogens (tertiary/aromatic N) is 1. The van der Waals surface area contributed by atoms with Crippen molar-refractivity contribution in [2.75, 3.05) is 18.4 Å². The third-order valence-corrected chi connectivity index (χ3v) is 7.06. The van der Waals surface area contributed by atoms with E-state index in [9.17, 15) is 13.2 Å². The molecule has 0 bridgehead atoms. The second-order valence-corrected chi connectivity index (χ2v) is 9.52. The first-order valence-corrected chi connectivity index (χ1v) is 11.4. The third-order valence-electron chi connectivity index (χ3n) is 4.92. The molecular weight excluding hydrogens is 412 g/mol. The van der Waals surface area contributed by atoms with E-state index in [-0.39, 0.29) is 10.8 Å². The van der Waals surface area contributed by atoms with Crippen LogP contribution < -0.4 is 10.1 Å². The Kier molecular flexibility index (Phi) is 6.82. The van der Waals surface area contributed by atoms with Gasteiger partial charge in [-0.3, -0.25) is 4.79 Å². The lowest BCUT2D eigenvalue weighted by Crippen LogP contribution is -2.35. The number of rotatable bonds is 6. The van der Waals surface area contributed by atoms with Crippen molar-refractivity contribution in [3.8, 4) is 5.75 Å². The summed E-state index contributed by atoms with van der Waals surface area (Å²) in [5.74, 6) is 0.158. The predicted molar refractivity (Wildman–Crippen MR) is 114 cm³/mol. The van der Waals surface area contributed by atoms with Crippen LogP contribution in [-0.2, 0) is 14.8 Å². The number of ether oxygens (including phenoxy) is 1. The highest BCUT2D eigenvalue weighted by molar-refractivity contribution is 7.89. The van der Waals surface area contributed by atoms with Crippen molar-refractivity contribution < 1.29 is 17.9 Å². The van der Waals surface area contributed by atoms with Gasteiger partial charge in [0.1, 0.15) is 5.75 Å². The molecule has 0 aromatic heterocycles. The smallest absolute Gasteiger partial charge is 0.265 e. The van der Waals surface area contributed by atoms with Gasteiger partial charge in [0.15, 0.2) is 6.10 Å². The SMILES string of the molecule is Cc1ccc(S(=O)(=O)N2CCCCC2)cc1NC(=O)C(C)Oc1ccc(Cl)cc1. The number of hydrogen-bond donors (Lipinski definition) is 1. The molecule has 0 spiro atoms. The Balaban J connectivity index is 1.73. The van der Waals surface area contributed by atoms with Gasteiger partial charge in [0.2, 0.25) is 10.0 Å². The molecule has 0 radical (unpaired) electrons. The van der Waals surface area contributed by atoms with Gasteiger partial charge in [0, 0.05) is 23.8 Å². The molecule has 3 rings (SSSR count). The van der Waals surface area contributed by atoms with Gasteiger partial charge in [0.05, 0.1) is 4.90 Å². The van der Waals surface area contributed by atoms with E-state index in [1.165, 1.54) is 10.4 Å². The van der Waals surface area contributed by atoms with E-state index in [1.54, 1.807) is 43.3 Å². The van der Waals surface area contributed by atoms with Crippen molar-refractivity contribution in [3.63, 3.8) is 0 Å². The highest BCUT2D eigenvalue weighted by atomic mass is 35.5. The first-order valence-electron chi connectivity index (χ1n) is 9.61. The zero-order valence-electron chi connectivity index (χ0n) is 16.5. The molecule has 1 aliphatic rings. The molecule has 6 nitrogen and oxygen atoms in total. The molecule has 1 fully saturated rings. The van der Waals surface area contributed by atoms with Crippen LogP contribution in [0.3, 0.4) is 0 Å². The minimum absolute atomic E-state index is 0.187. The average Bonchev–Trinajstić information content (AvgIpc) is 2.71. The standard InChI is InChI=1S/C21H25ClN2O4S/c1-15-6-11-19(29(26,27)24-12-4-3-5-13-24)14-20(15)23-21(25)16(2)28-18-9-7-17(22)8-10-18/h6-11,14,16H,3-5,12-13H2,1-2H3,(H,23,25). The molecule has 1 aliphatic heterocycles. The van der Waals surface area contributed by atoms with E-state index in [0.717, 1.165) is 24.8 Å². The van der Waals surface area contributed by atoms with Crippen molar-refractivity contribution >= 4 is 33.2 Å². The van der Waals surface area contributed by atoms with Crippen LogP contribution in [0.5, 0.6) is 5.75 Å². The summed E-state index contributed by atoms with van der Waals surface area (Å²) in [6.45, 7) is 4.51. The lowest BCUT2D eigenvalue weighted by Gasteiger charge is -2.26. The molecule has 8 heteroatoms. The summed E-state index contributed by atoms with van der Waals surface area (Å²) >= 11 is 5.86. The molecule has 0 aliphatic carbocycles. The number of anilines is 1. The second-order valence-electron chi connectivity index (χ2n) is 7.14. The van der Waals surface area contributed by atoms with E-state index in [0.29, 0.717) is 29.5 Å². The zero-order chi connectivity index (χ0) is 21.0. The van der Waals surface area contributed by atoms with E-state index in [1.807, 2.05) is 6.92 Å². The number of aryl methyl sites for hydroxylation is 1. The minimum atomic E-state index is -3.57. The number of benzene rings is 2. The second kappa shape index (κ2) is 9.15. The van der Waals surface area contributed by atoms with Gasteiger partial charge in [-0.25, -0.2) is 8.42 Å². The molecule has 2 aromatic carbocycles. The lowest BCUT2D eigenvalue weighted by atomic mass is 10.2. The van der Waals surface area contributed by atoms with Crippen molar-refractivity contribution in [3.05, 3.63) is 53.1 Å². The van der Waals surface area contributed by atoms with Gasteiger partial charge in [-0.15, -0.1) is 0 Å². The molecule has 1 saturated heterocycles. The van der Waals surface area contributed by atoms with Crippen LogP contribution in [0.25, 0.3) is 0 Å². The van der Waals surface area contributed by atoms with Crippen LogP contribution in [0.15, 0.2) is 47.4 Å². The average molecular weight is 437 g/mol. The molecule has 2 aromatic rings. The molecule has 0 saturated carbocycles. The Morgan fingerprint density at radius 1 is 1.10 bits per heavy atom. The van der Waals surface area contributed by atoms with Crippen LogP contribution in [0.1, 0.15) is 31.7 Å². The van der Waals surface area contributed by atoms with E-state index >= 15 is 0 Å². The summed E-state index contributed by atoms with van der Waals surface area (Å²) in [4.78, 5) is 12.8. The Hall–Kier alpha value is -2.09. The van der Waals surface area contributed by atoms with E-state index in [2.05, 4.69) is 5.32 Å². The van der Waals surface area contributed by atoms with Crippen LogP contribution >= 0.6 is 11.6 Å². The van der Waals surface area contributed by atoms with Crippen molar-refractivity contribution in [2.24, 2.45) is 0 Å². The van der Waals surface area contributed by atoms with Gasteiger partial charge in [0.25, 0.3) is 5.91 Å². The monoisotopic (exact) mass is 436 g/mol. The molecule has 1 atom stereocenters. The fraction of sp³-hybridized carbons (Fsp3) is 0.381. The van der Waals surface area contributed by atoms with Crippen LogP contribution in [0.2, 0.25) is 5.02 Å². The Bertz CT molecular complexity index is 971. The highest BCUT2D eigenvalue weighted by Crippen LogP contribution is 2.25. The largest absolute Gasteiger partial charge is 0.481 e. The van der Waals surface area contributed by atoms with Gasteiger partial charge < -0.3 is 10.1 Å². The summed E-state index contributed by atoms with van der Waals surface area (Å²) < 4.78 is 33.0. The molecule has 1 heterocycles. The minimum Gasteiger partial charge on any atom is -0.481 e. The van der Waals surface area contributed by atoms with Crippen molar-refractivity contribution in [1.82, 2.24) is 4.31 Å². The quantitative estimate of drug-likeness (QED) is 0.735. The molecule has 1 amide bonds. The maximum atomic E-state index is 12.9. The lowest BCUT2D eigenvalue weighted by molar-refractivity contribution is -0.122. The maximum Gasteiger partial charge on any atom is 0.265 e. The molecule has 1 unspecified atom stereocenters. The molecule has 29 heavy (non-hydrogen) atoms. The number of amides is 1. The number of sulfonamides is 1.